The first-order valence-corrected chi connectivity index (χ1v) is 4.93. The molecule has 2 aromatic rings. The molecule has 0 saturated carbocycles. The van der Waals surface area contributed by atoms with Crippen LogP contribution >= 0.6 is 0 Å². The molecule has 0 aromatic carbocycles. The fourth-order valence-electron chi connectivity index (χ4n) is 1.28. The number of hydrazine groups is 1. The minimum atomic E-state index is -0.310. The molecular weight excluding hydrogens is 218 g/mol. The normalized spacial score (nSPS) is 9.71. The molecule has 86 valence electrons. The molecule has 2 aromatic heterocycles. The molecule has 0 aliphatic heterocycles. The average molecular weight is 229 g/mol. The maximum atomic E-state index is 11.8. The summed E-state index contributed by atoms with van der Waals surface area (Å²) in [5.74, 6) is 4.94. The van der Waals surface area contributed by atoms with Gasteiger partial charge in [-0.2, -0.15) is 0 Å². The zero-order valence-corrected chi connectivity index (χ0v) is 8.92. The first kappa shape index (κ1) is 11.0. The monoisotopic (exact) mass is 229 g/mol. The number of hydrogen-bond donors (Lipinski definition) is 3. The number of pyridine rings is 2. The van der Waals surface area contributed by atoms with Gasteiger partial charge in [0.25, 0.3) is 5.91 Å². The number of rotatable bonds is 3. The Labute approximate surface area is 97.9 Å². The summed E-state index contributed by atoms with van der Waals surface area (Å²) in [5.41, 5.74) is 3.97. The number of anilines is 2. The molecule has 0 radical (unpaired) electrons. The van der Waals surface area contributed by atoms with Crippen molar-refractivity contribution in [3.05, 3.63) is 48.5 Å². The average Bonchev–Trinajstić information content (AvgIpc) is 2.40. The van der Waals surface area contributed by atoms with Crippen LogP contribution in [0.2, 0.25) is 0 Å². The first-order chi connectivity index (χ1) is 8.29. The molecule has 6 heteroatoms. The van der Waals surface area contributed by atoms with Crippen LogP contribution in [0, 0.1) is 0 Å². The Balaban J connectivity index is 2.14. The van der Waals surface area contributed by atoms with Gasteiger partial charge in [0.15, 0.2) is 0 Å². The van der Waals surface area contributed by atoms with Gasteiger partial charge < -0.3 is 10.7 Å². The number of carbonyl (C=O) groups excluding carboxylic acids is 1. The molecule has 0 spiro atoms. The van der Waals surface area contributed by atoms with E-state index in [9.17, 15) is 4.79 Å². The third-order valence-electron chi connectivity index (χ3n) is 2.08. The van der Waals surface area contributed by atoms with Crippen LogP contribution < -0.4 is 16.6 Å². The lowest BCUT2D eigenvalue weighted by Crippen LogP contribution is -2.15. The van der Waals surface area contributed by atoms with Crippen LogP contribution in [-0.2, 0) is 0 Å². The standard InChI is InChI=1S/C11H11N5O/c12-16-8-3-5-14-10(6-8)11(17)15-9-2-1-4-13-7-9/h1-7H,12H2,(H,14,16)(H,15,17). The third kappa shape index (κ3) is 2.76. The van der Waals surface area contributed by atoms with Crippen molar-refractivity contribution >= 4 is 17.3 Å². The van der Waals surface area contributed by atoms with Crippen LogP contribution in [0.5, 0.6) is 0 Å². The third-order valence-corrected chi connectivity index (χ3v) is 2.08. The molecule has 0 bridgehead atoms. The lowest BCUT2D eigenvalue weighted by Gasteiger charge is -2.05. The summed E-state index contributed by atoms with van der Waals surface area (Å²) < 4.78 is 0. The van der Waals surface area contributed by atoms with Crippen LogP contribution in [0.25, 0.3) is 0 Å². The molecule has 0 aliphatic carbocycles. The van der Waals surface area contributed by atoms with E-state index in [1.54, 1.807) is 36.7 Å². The number of nitrogens with two attached hydrogens (primary N) is 1. The first-order valence-electron chi connectivity index (χ1n) is 4.93. The van der Waals surface area contributed by atoms with Crippen LogP contribution in [0.3, 0.4) is 0 Å². The minimum Gasteiger partial charge on any atom is -0.324 e. The van der Waals surface area contributed by atoms with E-state index in [2.05, 4.69) is 20.7 Å². The Morgan fingerprint density at radius 3 is 2.82 bits per heavy atom. The molecule has 4 N–H and O–H groups in total. The fraction of sp³-hybridized carbons (Fsp3) is 0. The van der Waals surface area contributed by atoms with E-state index in [-0.39, 0.29) is 11.6 Å². The van der Waals surface area contributed by atoms with Gasteiger partial charge in [-0.25, -0.2) is 0 Å². The molecule has 17 heavy (non-hydrogen) atoms. The maximum Gasteiger partial charge on any atom is 0.274 e. The van der Waals surface area contributed by atoms with Gasteiger partial charge in [-0.1, -0.05) is 0 Å². The zero-order chi connectivity index (χ0) is 12.1. The second kappa shape index (κ2) is 5.04. The molecule has 0 aliphatic rings. The Kier molecular flexibility index (Phi) is 3.27. The SMILES string of the molecule is NNc1ccnc(C(=O)Nc2cccnc2)c1. The summed E-state index contributed by atoms with van der Waals surface area (Å²) in [5, 5.41) is 2.68. The number of nitrogens with one attached hydrogen (secondary N) is 2. The van der Waals surface area contributed by atoms with Crippen molar-refractivity contribution in [2.75, 3.05) is 10.7 Å². The molecule has 0 saturated heterocycles. The molecule has 2 heterocycles. The second-order valence-corrected chi connectivity index (χ2v) is 3.27. The van der Waals surface area contributed by atoms with Crippen LogP contribution in [0.1, 0.15) is 10.5 Å². The molecule has 0 unspecified atom stereocenters. The Hall–Kier alpha value is -2.47. The molecule has 2 rings (SSSR count). The van der Waals surface area contributed by atoms with Gasteiger partial charge >= 0.3 is 0 Å². The Morgan fingerprint density at radius 2 is 2.12 bits per heavy atom. The van der Waals surface area contributed by atoms with E-state index >= 15 is 0 Å². The van der Waals surface area contributed by atoms with E-state index in [1.807, 2.05) is 0 Å². The van der Waals surface area contributed by atoms with Crippen LogP contribution in [-0.4, -0.2) is 15.9 Å². The van der Waals surface area contributed by atoms with Crippen LogP contribution in [0.15, 0.2) is 42.9 Å². The highest BCUT2D eigenvalue weighted by Gasteiger charge is 2.07. The number of nitrogen functional groups attached to an aromatic ring is 1. The Morgan fingerprint density at radius 1 is 1.24 bits per heavy atom. The predicted octanol–water partition coefficient (Wildman–Crippen LogP) is 1.01. The molecule has 0 atom stereocenters. The number of nitrogens with zero attached hydrogens (tertiary/aromatic N) is 2. The van der Waals surface area contributed by atoms with Crippen molar-refractivity contribution in [1.82, 2.24) is 9.97 Å². The largest absolute Gasteiger partial charge is 0.324 e. The van der Waals surface area contributed by atoms with E-state index < -0.39 is 0 Å². The van der Waals surface area contributed by atoms with Gasteiger partial charge in [-0.3, -0.25) is 20.6 Å². The van der Waals surface area contributed by atoms with E-state index in [0.29, 0.717) is 11.4 Å². The van der Waals surface area contributed by atoms with Crippen molar-refractivity contribution in [1.29, 1.82) is 0 Å². The van der Waals surface area contributed by atoms with Gasteiger partial charge in [-0.15, -0.1) is 0 Å². The number of aromatic nitrogens is 2. The molecule has 0 fully saturated rings. The maximum absolute atomic E-state index is 11.8. The summed E-state index contributed by atoms with van der Waals surface area (Å²) in [7, 11) is 0. The molecular formula is C11H11N5O. The lowest BCUT2D eigenvalue weighted by molar-refractivity contribution is 0.102. The summed E-state index contributed by atoms with van der Waals surface area (Å²) in [6.45, 7) is 0. The topological polar surface area (TPSA) is 92.9 Å². The quantitative estimate of drug-likeness (QED) is 0.539. The van der Waals surface area contributed by atoms with Gasteiger partial charge in [0.05, 0.1) is 17.6 Å². The highest BCUT2D eigenvalue weighted by atomic mass is 16.1. The predicted molar refractivity (Wildman–Crippen MR) is 64.2 cm³/mol. The van der Waals surface area contributed by atoms with Gasteiger partial charge in [0.1, 0.15) is 5.69 Å². The highest BCUT2D eigenvalue weighted by Crippen LogP contribution is 2.09. The minimum absolute atomic E-state index is 0.282. The number of hydrogen-bond acceptors (Lipinski definition) is 5. The molecule has 1 amide bonds. The summed E-state index contributed by atoms with van der Waals surface area (Å²) in [6, 6.07) is 6.71. The summed E-state index contributed by atoms with van der Waals surface area (Å²) in [4.78, 5) is 19.7. The van der Waals surface area contributed by atoms with Crippen molar-refractivity contribution in [2.24, 2.45) is 5.84 Å². The van der Waals surface area contributed by atoms with Crippen LogP contribution in [0.4, 0.5) is 11.4 Å². The zero-order valence-electron chi connectivity index (χ0n) is 8.92. The summed E-state index contributed by atoms with van der Waals surface area (Å²) >= 11 is 0. The van der Waals surface area contributed by atoms with E-state index in [1.165, 1.54) is 6.20 Å². The smallest absolute Gasteiger partial charge is 0.274 e. The van der Waals surface area contributed by atoms with E-state index in [4.69, 9.17) is 5.84 Å². The van der Waals surface area contributed by atoms with Crippen molar-refractivity contribution in [2.45, 2.75) is 0 Å². The number of amides is 1. The lowest BCUT2D eigenvalue weighted by atomic mass is 10.3. The second-order valence-electron chi connectivity index (χ2n) is 3.27. The van der Waals surface area contributed by atoms with Gasteiger partial charge in [-0.05, 0) is 24.3 Å². The highest BCUT2D eigenvalue weighted by molar-refractivity contribution is 6.03. The number of carbonyl (C=O) groups is 1. The van der Waals surface area contributed by atoms with Crippen molar-refractivity contribution < 1.29 is 4.79 Å². The van der Waals surface area contributed by atoms with Crippen molar-refractivity contribution in [3.8, 4) is 0 Å². The fourth-order valence-corrected chi connectivity index (χ4v) is 1.28. The Bertz CT molecular complexity index is 514. The van der Waals surface area contributed by atoms with Crippen molar-refractivity contribution in [3.63, 3.8) is 0 Å². The van der Waals surface area contributed by atoms with Gasteiger partial charge in [0, 0.05) is 12.4 Å². The van der Waals surface area contributed by atoms with Gasteiger partial charge in [0.2, 0.25) is 0 Å². The molecule has 6 nitrogen and oxygen atoms in total. The summed E-state index contributed by atoms with van der Waals surface area (Å²) in [6.07, 6.45) is 4.70. The van der Waals surface area contributed by atoms with E-state index in [0.717, 1.165) is 0 Å².